The molecule has 3 heterocycles. The average Bonchev–Trinajstić information content (AvgIpc) is 3.32. The van der Waals surface area contributed by atoms with Gasteiger partial charge in [-0.05, 0) is 55.9 Å². The summed E-state index contributed by atoms with van der Waals surface area (Å²) < 4.78 is 10.6. The lowest BCUT2D eigenvalue weighted by molar-refractivity contribution is 0.0519. The summed E-state index contributed by atoms with van der Waals surface area (Å²) in [6, 6.07) is 15.5. The fourth-order valence-corrected chi connectivity index (χ4v) is 4.80. The molecule has 1 aromatic carbocycles. The third-order valence-electron chi connectivity index (χ3n) is 6.76. The molecule has 7 nitrogen and oxygen atoms in total. The first kappa shape index (κ1) is 23.5. The molecule has 1 aliphatic rings. The Morgan fingerprint density at radius 3 is 2.50 bits per heavy atom. The van der Waals surface area contributed by atoms with Crippen molar-refractivity contribution in [2.75, 3.05) is 27.2 Å². The van der Waals surface area contributed by atoms with Crippen LogP contribution in [0.1, 0.15) is 44.9 Å². The predicted molar refractivity (Wildman–Crippen MR) is 129 cm³/mol. The molecule has 3 aromatic rings. The van der Waals surface area contributed by atoms with Gasteiger partial charge in [-0.15, -0.1) is 0 Å². The summed E-state index contributed by atoms with van der Waals surface area (Å²) in [6.07, 6.45) is 5.56. The van der Waals surface area contributed by atoms with E-state index in [1.807, 2.05) is 42.0 Å². The van der Waals surface area contributed by atoms with Gasteiger partial charge in [-0.2, -0.15) is 0 Å². The summed E-state index contributed by atoms with van der Waals surface area (Å²) in [4.78, 5) is 34.3. The summed E-state index contributed by atoms with van der Waals surface area (Å²) in [5, 5.41) is 0. The molecule has 1 atom stereocenters. The maximum Gasteiger partial charge on any atom is 0.259 e. The minimum absolute atomic E-state index is 0.00869. The van der Waals surface area contributed by atoms with Gasteiger partial charge in [0.25, 0.3) is 11.8 Å². The van der Waals surface area contributed by atoms with Crippen molar-refractivity contribution >= 4 is 11.8 Å². The molecule has 1 saturated heterocycles. The summed E-state index contributed by atoms with van der Waals surface area (Å²) >= 11 is 0. The zero-order valence-corrected chi connectivity index (χ0v) is 19.9. The topological polar surface area (TPSA) is 75.9 Å². The number of rotatable bonds is 7. The molecular weight excluding hydrogens is 430 g/mol. The lowest BCUT2D eigenvalue weighted by Gasteiger charge is -2.40. The molecule has 0 aliphatic carbocycles. The van der Waals surface area contributed by atoms with Crippen LogP contribution in [0.15, 0.2) is 65.4 Å². The van der Waals surface area contributed by atoms with Crippen molar-refractivity contribution in [2.24, 2.45) is 5.92 Å². The van der Waals surface area contributed by atoms with Gasteiger partial charge in [0.2, 0.25) is 5.88 Å². The Hall–Kier alpha value is -3.61. The van der Waals surface area contributed by atoms with E-state index < -0.39 is 0 Å². The Labute approximate surface area is 200 Å². The zero-order valence-electron chi connectivity index (χ0n) is 19.9. The van der Waals surface area contributed by atoms with Gasteiger partial charge in [0, 0.05) is 32.4 Å². The summed E-state index contributed by atoms with van der Waals surface area (Å²) in [5.41, 5.74) is 2.26. The molecule has 0 saturated carbocycles. The van der Waals surface area contributed by atoms with E-state index >= 15 is 0 Å². The van der Waals surface area contributed by atoms with Crippen LogP contribution in [0.3, 0.4) is 0 Å². The standard InChI is InChI=1S/C27H31N3O4/c1-19-22(13-17-34-19)26(31)29(2)24(18-20-8-5-4-6-9-20)21-11-15-30(16-12-21)27(32)23-10-7-14-28-25(23)33-3/h4-10,13-14,17,21,24H,11-12,15-16,18H2,1-3H3. The third kappa shape index (κ3) is 4.98. The van der Waals surface area contributed by atoms with Crippen LogP contribution >= 0.6 is 0 Å². The van der Waals surface area contributed by atoms with Gasteiger partial charge in [-0.25, -0.2) is 4.98 Å². The van der Waals surface area contributed by atoms with Crippen LogP contribution in [0, 0.1) is 12.8 Å². The molecule has 0 radical (unpaired) electrons. The van der Waals surface area contributed by atoms with Gasteiger partial charge in [0.15, 0.2) is 0 Å². The Balaban J connectivity index is 1.50. The van der Waals surface area contributed by atoms with E-state index in [2.05, 4.69) is 17.1 Å². The summed E-state index contributed by atoms with van der Waals surface area (Å²) in [7, 11) is 3.40. The third-order valence-corrected chi connectivity index (χ3v) is 6.76. The number of amides is 2. The van der Waals surface area contributed by atoms with Crippen LogP contribution in [-0.4, -0.2) is 59.9 Å². The summed E-state index contributed by atoms with van der Waals surface area (Å²) in [5.74, 6) is 1.13. The van der Waals surface area contributed by atoms with E-state index in [9.17, 15) is 9.59 Å². The second-order valence-electron chi connectivity index (χ2n) is 8.75. The minimum atomic E-state index is -0.0681. The highest BCUT2D eigenvalue weighted by Gasteiger charge is 2.34. The Morgan fingerprint density at radius 1 is 1.12 bits per heavy atom. The minimum Gasteiger partial charge on any atom is -0.480 e. The molecule has 0 spiro atoms. The second kappa shape index (κ2) is 10.5. The molecule has 0 bridgehead atoms. The van der Waals surface area contributed by atoms with E-state index in [1.54, 1.807) is 30.7 Å². The van der Waals surface area contributed by atoms with Crippen molar-refractivity contribution in [1.82, 2.24) is 14.8 Å². The molecule has 2 amide bonds. The molecule has 34 heavy (non-hydrogen) atoms. The summed E-state index contributed by atoms with van der Waals surface area (Å²) in [6.45, 7) is 3.06. The monoisotopic (exact) mass is 461 g/mol. The number of pyridine rings is 1. The Morgan fingerprint density at radius 2 is 1.85 bits per heavy atom. The number of hydrogen-bond donors (Lipinski definition) is 0. The fourth-order valence-electron chi connectivity index (χ4n) is 4.80. The second-order valence-corrected chi connectivity index (χ2v) is 8.75. The van der Waals surface area contributed by atoms with Gasteiger partial charge < -0.3 is 19.0 Å². The SMILES string of the molecule is COc1ncccc1C(=O)N1CCC(C(Cc2ccccc2)N(C)C(=O)c2ccoc2C)CC1. The number of carbonyl (C=O) groups is 2. The number of likely N-dealkylation sites (N-methyl/N-ethyl adjacent to an activating group) is 1. The number of benzene rings is 1. The molecule has 1 aliphatic heterocycles. The first-order valence-electron chi connectivity index (χ1n) is 11.6. The maximum atomic E-state index is 13.3. The highest BCUT2D eigenvalue weighted by atomic mass is 16.5. The number of aromatic nitrogens is 1. The van der Waals surface area contributed by atoms with Gasteiger partial charge in [-0.3, -0.25) is 9.59 Å². The average molecular weight is 462 g/mol. The largest absolute Gasteiger partial charge is 0.480 e. The van der Waals surface area contributed by atoms with Crippen molar-refractivity contribution in [3.63, 3.8) is 0 Å². The molecule has 2 aromatic heterocycles. The fraction of sp³-hybridized carbons (Fsp3) is 0.370. The molecule has 7 heteroatoms. The molecule has 1 fully saturated rings. The van der Waals surface area contributed by atoms with Crippen molar-refractivity contribution in [3.8, 4) is 5.88 Å². The molecule has 1 unspecified atom stereocenters. The number of ether oxygens (including phenoxy) is 1. The van der Waals surface area contributed by atoms with E-state index in [1.165, 1.54) is 12.7 Å². The van der Waals surface area contributed by atoms with Gasteiger partial charge >= 0.3 is 0 Å². The number of likely N-dealkylation sites (tertiary alicyclic amines) is 1. The number of aryl methyl sites for hydroxylation is 1. The van der Waals surface area contributed by atoms with Crippen LogP contribution in [0.2, 0.25) is 0 Å². The van der Waals surface area contributed by atoms with E-state index in [4.69, 9.17) is 9.15 Å². The number of nitrogens with zero attached hydrogens (tertiary/aromatic N) is 3. The quantitative estimate of drug-likeness (QED) is 0.526. The number of carbonyl (C=O) groups excluding carboxylic acids is 2. The molecular formula is C27H31N3O4. The van der Waals surface area contributed by atoms with Crippen LogP contribution < -0.4 is 4.74 Å². The van der Waals surface area contributed by atoms with Crippen LogP contribution in [0.25, 0.3) is 0 Å². The molecule has 4 rings (SSSR count). The van der Waals surface area contributed by atoms with Crippen LogP contribution in [0.5, 0.6) is 5.88 Å². The van der Waals surface area contributed by atoms with Crippen molar-refractivity contribution in [2.45, 2.75) is 32.2 Å². The lowest BCUT2D eigenvalue weighted by atomic mass is 9.84. The number of furan rings is 1. The first-order chi connectivity index (χ1) is 16.5. The van der Waals surface area contributed by atoms with Crippen molar-refractivity contribution in [3.05, 3.63) is 83.4 Å². The van der Waals surface area contributed by atoms with Crippen molar-refractivity contribution in [1.29, 1.82) is 0 Å². The lowest BCUT2D eigenvalue weighted by Crippen LogP contribution is -2.48. The smallest absolute Gasteiger partial charge is 0.259 e. The Bertz CT molecular complexity index is 1120. The van der Waals surface area contributed by atoms with Gasteiger partial charge in [0.1, 0.15) is 11.3 Å². The normalized spacial score (nSPS) is 15.1. The van der Waals surface area contributed by atoms with Crippen LogP contribution in [-0.2, 0) is 6.42 Å². The van der Waals surface area contributed by atoms with Gasteiger partial charge in [-0.1, -0.05) is 30.3 Å². The number of methoxy groups -OCH3 is 1. The zero-order chi connectivity index (χ0) is 24.1. The molecule has 0 N–H and O–H groups in total. The van der Waals surface area contributed by atoms with Gasteiger partial charge in [0.05, 0.1) is 18.9 Å². The van der Waals surface area contributed by atoms with E-state index in [0.717, 1.165) is 19.3 Å². The van der Waals surface area contributed by atoms with Crippen molar-refractivity contribution < 1.29 is 18.7 Å². The number of piperidine rings is 1. The maximum absolute atomic E-state index is 13.3. The molecule has 178 valence electrons. The van der Waals surface area contributed by atoms with E-state index in [-0.39, 0.29) is 23.8 Å². The first-order valence-corrected chi connectivity index (χ1v) is 11.6. The predicted octanol–water partition coefficient (Wildman–Crippen LogP) is 4.23. The highest BCUT2D eigenvalue weighted by molar-refractivity contribution is 5.96. The highest BCUT2D eigenvalue weighted by Crippen LogP contribution is 2.29. The Kier molecular flexibility index (Phi) is 7.30. The number of hydrogen-bond acceptors (Lipinski definition) is 5. The van der Waals surface area contributed by atoms with E-state index in [0.29, 0.717) is 35.9 Å². The van der Waals surface area contributed by atoms with Crippen LogP contribution in [0.4, 0.5) is 0 Å².